The summed E-state index contributed by atoms with van der Waals surface area (Å²) in [6.07, 6.45) is 0.938. The quantitative estimate of drug-likeness (QED) is 0.685. The van der Waals surface area contributed by atoms with Crippen LogP contribution in [0.2, 0.25) is 0 Å². The highest BCUT2D eigenvalue weighted by Crippen LogP contribution is 2.06. The summed E-state index contributed by atoms with van der Waals surface area (Å²) in [5.74, 6) is 0.822. The van der Waals surface area contributed by atoms with Gasteiger partial charge in [-0.1, -0.05) is 27.7 Å². The normalized spacial score (nSPS) is 13.9. The van der Waals surface area contributed by atoms with Crippen LogP contribution in [-0.2, 0) is 4.79 Å². The lowest BCUT2D eigenvalue weighted by atomic mass is 10.0. The average Bonchev–Trinajstić information content (AvgIpc) is 1.83. The Hall–Kier alpha value is -0.370. The first kappa shape index (κ1) is 11.6. The van der Waals surface area contributed by atoms with Crippen molar-refractivity contribution in [1.82, 2.24) is 5.32 Å². The number of hydrogen-bond donors (Lipinski definition) is 1. The fourth-order valence-corrected chi connectivity index (χ4v) is 1.23. The lowest BCUT2D eigenvalue weighted by molar-refractivity contribution is -0.119. The van der Waals surface area contributed by atoms with E-state index in [9.17, 15) is 4.79 Å². The van der Waals surface area contributed by atoms with Crippen molar-refractivity contribution in [3.63, 3.8) is 0 Å². The van der Waals surface area contributed by atoms with Crippen LogP contribution in [-0.4, -0.2) is 17.9 Å². The number of ketones is 1. The van der Waals surface area contributed by atoms with Gasteiger partial charge in [0.1, 0.15) is 5.78 Å². The molecule has 0 saturated carbocycles. The summed E-state index contributed by atoms with van der Waals surface area (Å²) < 4.78 is 0. The van der Waals surface area contributed by atoms with Gasteiger partial charge in [-0.25, -0.2) is 0 Å². The number of carbonyl (C=O) groups is 1. The molecule has 0 bridgehead atoms. The van der Waals surface area contributed by atoms with Crippen molar-refractivity contribution in [3.8, 4) is 0 Å². The smallest absolute Gasteiger partial charge is 0.146 e. The lowest BCUT2D eigenvalue weighted by Gasteiger charge is -2.20. The van der Waals surface area contributed by atoms with Crippen molar-refractivity contribution in [2.24, 2.45) is 5.92 Å². The number of nitrogens with one attached hydrogen (secondary N) is 1. The summed E-state index contributed by atoms with van der Waals surface area (Å²) in [6, 6.07) is 0.433. The summed E-state index contributed by atoms with van der Waals surface area (Å²) in [7, 11) is 0. The maximum absolute atomic E-state index is 11.2. The second kappa shape index (κ2) is 5.31. The molecule has 1 N–H and O–H groups in total. The first-order chi connectivity index (χ1) is 5.43. The summed E-state index contributed by atoms with van der Waals surface area (Å²) in [6.45, 7) is 10.1. The molecule has 0 aromatic carbocycles. The maximum atomic E-state index is 11.2. The highest BCUT2D eigenvalue weighted by molar-refractivity contribution is 5.81. The third-order valence-electron chi connectivity index (χ3n) is 1.73. The van der Waals surface area contributed by atoms with Crippen LogP contribution in [0.5, 0.6) is 0 Å². The summed E-state index contributed by atoms with van der Waals surface area (Å²) in [5.41, 5.74) is 0. The average molecular weight is 171 g/mol. The molecule has 12 heavy (non-hydrogen) atoms. The molecule has 0 aromatic rings. The molecule has 1 atom stereocenters. The van der Waals surface area contributed by atoms with E-state index in [0.29, 0.717) is 12.0 Å². The second-order valence-corrected chi connectivity index (χ2v) is 4.11. The van der Waals surface area contributed by atoms with Crippen molar-refractivity contribution < 1.29 is 4.79 Å². The zero-order chi connectivity index (χ0) is 9.72. The molecule has 72 valence electrons. The van der Waals surface area contributed by atoms with E-state index in [1.165, 1.54) is 0 Å². The molecule has 0 rings (SSSR count). The van der Waals surface area contributed by atoms with Gasteiger partial charge in [0.05, 0.1) is 6.04 Å². The van der Waals surface area contributed by atoms with Crippen LogP contribution in [0.1, 0.15) is 41.0 Å². The Kier molecular flexibility index (Phi) is 5.14. The molecule has 2 heteroatoms. The van der Waals surface area contributed by atoms with E-state index in [1.54, 1.807) is 6.92 Å². The van der Waals surface area contributed by atoms with E-state index < -0.39 is 0 Å². The van der Waals surface area contributed by atoms with Crippen LogP contribution < -0.4 is 5.32 Å². The molecule has 0 aliphatic carbocycles. The van der Waals surface area contributed by atoms with Gasteiger partial charge in [0.25, 0.3) is 0 Å². The largest absolute Gasteiger partial charge is 0.305 e. The van der Waals surface area contributed by atoms with Gasteiger partial charge in [0.15, 0.2) is 0 Å². The zero-order valence-corrected chi connectivity index (χ0v) is 8.85. The number of rotatable bonds is 5. The SMILES string of the molecule is CC(=O)[C@H](CC(C)C)NC(C)C. The van der Waals surface area contributed by atoms with E-state index >= 15 is 0 Å². The topological polar surface area (TPSA) is 29.1 Å². The molecular weight excluding hydrogens is 150 g/mol. The van der Waals surface area contributed by atoms with Crippen LogP contribution in [0.25, 0.3) is 0 Å². The number of hydrogen-bond acceptors (Lipinski definition) is 2. The molecule has 0 aliphatic rings. The van der Waals surface area contributed by atoms with Crippen molar-refractivity contribution in [1.29, 1.82) is 0 Å². The molecular formula is C10H21NO. The number of carbonyl (C=O) groups excluding carboxylic acids is 1. The molecule has 0 saturated heterocycles. The van der Waals surface area contributed by atoms with E-state index in [1.807, 2.05) is 0 Å². The van der Waals surface area contributed by atoms with Gasteiger partial charge >= 0.3 is 0 Å². The molecule has 0 fully saturated rings. The highest BCUT2D eigenvalue weighted by atomic mass is 16.1. The van der Waals surface area contributed by atoms with E-state index in [-0.39, 0.29) is 11.8 Å². The van der Waals surface area contributed by atoms with Crippen LogP contribution >= 0.6 is 0 Å². The lowest BCUT2D eigenvalue weighted by Crippen LogP contribution is -2.40. The Morgan fingerprint density at radius 3 is 2.00 bits per heavy atom. The molecule has 0 unspecified atom stereocenters. The molecule has 0 aromatic heterocycles. The predicted molar refractivity (Wildman–Crippen MR) is 52.2 cm³/mol. The molecule has 0 aliphatic heterocycles. The molecule has 2 nitrogen and oxygen atoms in total. The van der Waals surface area contributed by atoms with E-state index in [0.717, 1.165) is 6.42 Å². The fourth-order valence-electron chi connectivity index (χ4n) is 1.23. The molecule has 0 heterocycles. The van der Waals surface area contributed by atoms with E-state index in [2.05, 4.69) is 33.0 Å². The minimum Gasteiger partial charge on any atom is -0.305 e. The Morgan fingerprint density at radius 1 is 1.25 bits per heavy atom. The second-order valence-electron chi connectivity index (χ2n) is 4.11. The van der Waals surface area contributed by atoms with Crippen LogP contribution in [0, 0.1) is 5.92 Å². The van der Waals surface area contributed by atoms with Crippen LogP contribution in [0.3, 0.4) is 0 Å². The van der Waals surface area contributed by atoms with Crippen molar-refractivity contribution in [2.75, 3.05) is 0 Å². The Labute approximate surface area is 75.7 Å². The summed E-state index contributed by atoms with van der Waals surface area (Å²) in [4.78, 5) is 11.2. The molecule has 0 amide bonds. The maximum Gasteiger partial charge on any atom is 0.146 e. The minimum absolute atomic E-state index is 0.0463. The first-order valence-corrected chi connectivity index (χ1v) is 4.70. The predicted octanol–water partition coefficient (Wildman–Crippen LogP) is 1.99. The first-order valence-electron chi connectivity index (χ1n) is 4.70. The molecule has 0 spiro atoms. The van der Waals surface area contributed by atoms with Crippen molar-refractivity contribution in [3.05, 3.63) is 0 Å². The highest BCUT2D eigenvalue weighted by Gasteiger charge is 2.15. The van der Waals surface area contributed by atoms with Crippen LogP contribution in [0.4, 0.5) is 0 Å². The third kappa shape index (κ3) is 5.30. The van der Waals surface area contributed by atoms with Gasteiger partial charge in [0, 0.05) is 6.04 Å². The Bertz CT molecular complexity index is 131. The van der Waals surface area contributed by atoms with Gasteiger partial charge in [-0.3, -0.25) is 4.79 Å². The van der Waals surface area contributed by atoms with Gasteiger partial charge in [-0.05, 0) is 19.3 Å². The van der Waals surface area contributed by atoms with Gasteiger partial charge in [0.2, 0.25) is 0 Å². The van der Waals surface area contributed by atoms with Gasteiger partial charge < -0.3 is 5.32 Å². The van der Waals surface area contributed by atoms with Crippen molar-refractivity contribution in [2.45, 2.75) is 53.1 Å². The summed E-state index contributed by atoms with van der Waals surface area (Å²) >= 11 is 0. The fraction of sp³-hybridized carbons (Fsp3) is 0.900. The monoisotopic (exact) mass is 171 g/mol. The summed E-state index contributed by atoms with van der Waals surface area (Å²) in [5, 5.41) is 3.26. The Balaban J connectivity index is 3.96. The van der Waals surface area contributed by atoms with Gasteiger partial charge in [-0.15, -0.1) is 0 Å². The zero-order valence-electron chi connectivity index (χ0n) is 8.85. The van der Waals surface area contributed by atoms with Gasteiger partial charge in [-0.2, -0.15) is 0 Å². The minimum atomic E-state index is 0.0463. The molecule has 0 radical (unpaired) electrons. The standard InChI is InChI=1S/C10H21NO/c1-7(2)6-10(9(5)12)11-8(3)4/h7-8,10-11H,6H2,1-5H3/t10-/m0/s1. The third-order valence-corrected chi connectivity index (χ3v) is 1.73. The van der Waals surface area contributed by atoms with Crippen molar-refractivity contribution >= 4 is 5.78 Å². The van der Waals surface area contributed by atoms with Crippen LogP contribution in [0.15, 0.2) is 0 Å². The Morgan fingerprint density at radius 2 is 1.75 bits per heavy atom. The van der Waals surface area contributed by atoms with E-state index in [4.69, 9.17) is 0 Å². The number of Topliss-reactive ketones (excluding diaryl/α,β-unsaturated/α-hetero) is 1.